The molecule has 2 amide bonds. The van der Waals surface area contributed by atoms with Crippen LogP contribution in [-0.2, 0) is 11.2 Å². The van der Waals surface area contributed by atoms with E-state index in [9.17, 15) is 28.9 Å². The average Bonchev–Trinajstić information content (AvgIpc) is 3.50. The molecule has 4 N–H and O–H groups in total. The highest BCUT2D eigenvalue weighted by atomic mass is 32.3. The maximum Gasteiger partial charge on any atom is 0.407 e. The molecule has 248 valence electrons. The van der Waals surface area contributed by atoms with Gasteiger partial charge in [-0.15, -0.1) is 0 Å². The molecule has 0 radical (unpaired) electrons. The Morgan fingerprint density at radius 2 is 1.65 bits per heavy atom. The van der Waals surface area contributed by atoms with E-state index in [1.807, 2.05) is 65.2 Å². The minimum absolute atomic E-state index is 0.105. The fourth-order valence-electron chi connectivity index (χ4n) is 7.22. The predicted octanol–water partition coefficient (Wildman–Crippen LogP) is 5.37. The van der Waals surface area contributed by atoms with E-state index in [-0.39, 0.29) is 50.0 Å². The molecule has 1 saturated carbocycles. The van der Waals surface area contributed by atoms with Crippen molar-refractivity contribution in [3.63, 3.8) is 0 Å². The van der Waals surface area contributed by atoms with E-state index in [1.165, 1.54) is 4.90 Å². The van der Waals surface area contributed by atoms with Gasteiger partial charge < -0.3 is 29.3 Å². The smallest absolute Gasteiger partial charge is 0.407 e. The van der Waals surface area contributed by atoms with Crippen LogP contribution < -0.4 is 0 Å². The molecule has 3 aromatic rings. The zero-order valence-electron chi connectivity index (χ0n) is 26.0. The van der Waals surface area contributed by atoms with Crippen LogP contribution in [0.3, 0.4) is 0 Å². The van der Waals surface area contributed by atoms with Gasteiger partial charge in [0.2, 0.25) is 0 Å². The minimum atomic E-state index is -2.53. The van der Waals surface area contributed by atoms with Crippen LogP contribution in [0.5, 0.6) is 0 Å². The van der Waals surface area contributed by atoms with Gasteiger partial charge in [-0.3, -0.25) is 13.9 Å². The van der Waals surface area contributed by atoms with Crippen LogP contribution in [0.2, 0.25) is 0 Å². The third-order valence-electron chi connectivity index (χ3n) is 9.77. The highest BCUT2D eigenvalue weighted by molar-refractivity contribution is 8.24. The zero-order valence-corrected chi connectivity index (χ0v) is 26.8. The number of benzene rings is 2. The Morgan fingerprint density at radius 1 is 0.957 bits per heavy atom. The number of hydrogen-bond donors (Lipinski definition) is 4. The van der Waals surface area contributed by atoms with Gasteiger partial charge in [0, 0.05) is 36.7 Å². The van der Waals surface area contributed by atoms with Gasteiger partial charge in [-0.05, 0) is 37.7 Å². The minimum Gasteiger partial charge on any atom is -0.465 e. The molecular formula is C34H44N4O7S. The Kier molecular flexibility index (Phi) is 9.72. The summed E-state index contributed by atoms with van der Waals surface area (Å²) in [5.74, 6) is 0.369. The summed E-state index contributed by atoms with van der Waals surface area (Å²) in [5.41, 5.74) is 1.52. The SMILES string of the molecule is O=C(O)N1CCN(C(=O)c2ncn(C3CCCCC3(O)COC3CCS(O)(O)CC3)c2-c2ccccc2)[C@H](Cc2ccccc2)C1. The average molecular weight is 653 g/mol. The van der Waals surface area contributed by atoms with Gasteiger partial charge in [0.15, 0.2) is 5.69 Å². The van der Waals surface area contributed by atoms with Crippen molar-refractivity contribution in [2.75, 3.05) is 37.7 Å². The first-order valence-electron chi connectivity index (χ1n) is 16.2. The standard InChI is InChI=1S/C34H44N4O7S/c39-32(37-18-17-36(33(40)41)22-27(37)21-25-9-3-1-4-10-25)30-31(26-11-5-2-6-12-26)38(24-35-30)29-13-7-8-16-34(29,42)23-45-28-14-19-46(43,44)20-15-28/h1-6,9-12,24,27-29,42-44H,7-8,13-23H2,(H,40,41)/t27-,29?,34?/m1/s1. The lowest BCUT2D eigenvalue weighted by Crippen LogP contribution is -2.57. The molecule has 3 atom stereocenters. The van der Waals surface area contributed by atoms with Crippen LogP contribution >= 0.6 is 10.6 Å². The molecule has 1 aromatic heterocycles. The fourth-order valence-corrected chi connectivity index (χ4v) is 8.70. The molecule has 46 heavy (non-hydrogen) atoms. The number of nitrogens with zero attached hydrogens (tertiary/aromatic N) is 4. The van der Waals surface area contributed by atoms with Crippen molar-refractivity contribution < 1.29 is 33.6 Å². The van der Waals surface area contributed by atoms with Crippen molar-refractivity contribution in [1.82, 2.24) is 19.4 Å². The maximum absolute atomic E-state index is 14.5. The molecule has 12 heteroatoms. The quantitative estimate of drug-likeness (QED) is 0.254. The zero-order chi connectivity index (χ0) is 32.3. The third kappa shape index (κ3) is 7.11. The van der Waals surface area contributed by atoms with E-state index in [0.717, 1.165) is 24.0 Å². The summed E-state index contributed by atoms with van der Waals surface area (Å²) in [7, 11) is -2.53. The number of piperazine rings is 1. The van der Waals surface area contributed by atoms with Gasteiger partial charge in [0.1, 0.15) is 5.60 Å². The summed E-state index contributed by atoms with van der Waals surface area (Å²) in [6.45, 7) is 0.766. The highest BCUT2D eigenvalue weighted by Gasteiger charge is 2.44. The number of aromatic nitrogens is 2. The number of ether oxygens (including phenoxy) is 1. The van der Waals surface area contributed by atoms with Crippen molar-refractivity contribution >= 4 is 22.6 Å². The summed E-state index contributed by atoms with van der Waals surface area (Å²) in [4.78, 5) is 34.2. The molecule has 11 nitrogen and oxygen atoms in total. The van der Waals surface area contributed by atoms with Crippen LogP contribution in [-0.4, -0.2) is 106 Å². The molecule has 2 aliphatic heterocycles. The van der Waals surface area contributed by atoms with Crippen LogP contribution in [0, 0.1) is 0 Å². The highest BCUT2D eigenvalue weighted by Crippen LogP contribution is 2.46. The monoisotopic (exact) mass is 652 g/mol. The van der Waals surface area contributed by atoms with E-state index in [1.54, 1.807) is 11.2 Å². The summed E-state index contributed by atoms with van der Waals surface area (Å²) in [5, 5.41) is 21.9. The number of hydrogen-bond acceptors (Lipinski definition) is 7. The van der Waals surface area contributed by atoms with Gasteiger partial charge in [0.25, 0.3) is 5.91 Å². The van der Waals surface area contributed by atoms with E-state index >= 15 is 0 Å². The largest absolute Gasteiger partial charge is 0.465 e. The van der Waals surface area contributed by atoms with Crippen molar-refractivity contribution in [1.29, 1.82) is 0 Å². The Hall–Kier alpha value is -3.42. The maximum atomic E-state index is 14.5. The van der Waals surface area contributed by atoms with Crippen molar-refractivity contribution in [2.45, 2.75) is 68.7 Å². The van der Waals surface area contributed by atoms with Crippen LogP contribution in [0.1, 0.15) is 60.6 Å². The van der Waals surface area contributed by atoms with E-state index in [4.69, 9.17) is 9.72 Å². The second-order valence-electron chi connectivity index (χ2n) is 12.9. The number of rotatable bonds is 8. The number of imidazole rings is 1. The van der Waals surface area contributed by atoms with Crippen LogP contribution in [0.25, 0.3) is 11.3 Å². The van der Waals surface area contributed by atoms with Gasteiger partial charge in [-0.2, -0.15) is 10.6 Å². The Labute approximate surface area is 271 Å². The van der Waals surface area contributed by atoms with Crippen molar-refractivity contribution in [2.24, 2.45) is 0 Å². The van der Waals surface area contributed by atoms with E-state index in [2.05, 4.69) is 0 Å². The van der Waals surface area contributed by atoms with Gasteiger partial charge in [-0.25, -0.2) is 9.78 Å². The topological polar surface area (TPSA) is 149 Å². The number of carboxylic acid groups (broad SMARTS) is 1. The van der Waals surface area contributed by atoms with Crippen LogP contribution in [0.15, 0.2) is 67.0 Å². The molecule has 2 aromatic carbocycles. The molecule has 0 spiro atoms. The lowest BCUT2D eigenvalue weighted by atomic mass is 9.80. The first kappa shape index (κ1) is 32.5. The van der Waals surface area contributed by atoms with Gasteiger partial charge >= 0.3 is 6.09 Å². The van der Waals surface area contributed by atoms with E-state index in [0.29, 0.717) is 49.3 Å². The summed E-state index contributed by atoms with van der Waals surface area (Å²) in [6.07, 6.45) is 5.07. The summed E-state index contributed by atoms with van der Waals surface area (Å²) >= 11 is 0. The predicted molar refractivity (Wildman–Crippen MR) is 176 cm³/mol. The Morgan fingerprint density at radius 3 is 2.35 bits per heavy atom. The third-order valence-corrected chi connectivity index (χ3v) is 11.5. The van der Waals surface area contributed by atoms with E-state index < -0.39 is 28.3 Å². The number of aliphatic hydroxyl groups is 1. The summed E-state index contributed by atoms with van der Waals surface area (Å²) < 4.78 is 28.2. The molecule has 3 fully saturated rings. The lowest BCUT2D eigenvalue weighted by molar-refractivity contribution is -0.118. The van der Waals surface area contributed by atoms with Crippen molar-refractivity contribution in [3.05, 3.63) is 78.2 Å². The number of carbonyl (C=O) groups is 2. The van der Waals surface area contributed by atoms with Gasteiger partial charge in [0.05, 0.1) is 36.8 Å². The second kappa shape index (κ2) is 13.7. The lowest BCUT2D eigenvalue weighted by Gasteiger charge is -2.43. The first-order valence-corrected chi connectivity index (χ1v) is 18.0. The number of carbonyl (C=O) groups excluding carboxylic acids is 1. The Balaban J connectivity index is 1.31. The van der Waals surface area contributed by atoms with Gasteiger partial charge in [-0.1, -0.05) is 73.5 Å². The number of amides is 2. The van der Waals surface area contributed by atoms with Crippen molar-refractivity contribution in [3.8, 4) is 11.3 Å². The second-order valence-corrected chi connectivity index (χ2v) is 15.3. The molecule has 3 heterocycles. The molecular weight excluding hydrogens is 608 g/mol. The molecule has 6 rings (SSSR count). The Bertz CT molecular complexity index is 1490. The molecule has 1 aliphatic carbocycles. The summed E-state index contributed by atoms with van der Waals surface area (Å²) in [6, 6.07) is 18.6. The molecule has 2 unspecified atom stereocenters. The first-order chi connectivity index (χ1) is 22.1. The normalized spacial score (nSPS) is 26.1. The molecule has 2 saturated heterocycles. The van der Waals surface area contributed by atoms with Crippen LogP contribution in [0.4, 0.5) is 4.79 Å². The fraction of sp³-hybridized carbons (Fsp3) is 0.500. The molecule has 3 aliphatic rings. The molecule has 0 bridgehead atoms.